The number of hydrogen-bond donors (Lipinski definition) is 3. The summed E-state index contributed by atoms with van der Waals surface area (Å²) >= 11 is 5.54. The quantitative estimate of drug-likeness (QED) is 0.476. The molecule has 0 atom stereocenters. The maximum Gasteiger partial charge on any atom is 0.336 e. The second-order valence-electron chi connectivity index (χ2n) is 2.60. The summed E-state index contributed by atoms with van der Waals surface area (Å²) in [5.41, 5.74) is 5.74. The Balaban J connectivity index is 3.50. The molecule has 1 aromatic carbocycles. The van der Waals surface area contributed by atoms with Crippen LogP contribution in [0.15, 0.2) is 6.07 Å². The fraction of sp³-hybridized carbons (Fsp3) is 0.125. The van der Waals surface area contributed by atoms with Crippen molar-refractivity contribution in [1.82, 2.24) is 0 Å². The molecule has 0 bridgehead atoms. The van der Waals surface area contributed by atoms with E-state index in [-0.39, 0.29) is 22.0 Å². The maximum absolute atomic E-state index is 10.6. The highest BCUT2D eigenvalue weighted by Gasteiger charge is 2.15. The van der Waals surface area contributed by atoms with Crippen LogP contribution in [0.5, 0.6) is 5.75 Å². The highest BCUT2D eigenvalue weighted by molar-refractivity contribution is 6.33. The van der Waals surface area contributed by atoms with Gasteiger partial charge in [-0.15, -0.1) is 0 Å². The lowest BCUT2D eigenvalue weighted by Gasteiger charge is -2.07. The Kier molecular flexibility index (Phi) is 2.34. The summed E-state index contributed by atoms with van der Waals surface area (Å²) in [5.74, 6) is -1.39. The van der Waals surface area contributed by atoms with Crippen LogP contribution < -0.4 is 5.73 Å². The number of anilines is 1. The zero-order valence-corrected chi connectivity index (χ0v) is 7.59. The zero-order valence-electron chi connectivity index (χ0n) is 6.84. The number of carboxylic acids is 1. The summed E-state index contributed by atoms with van der Waals surface area (Å²) in [4.78, 5) is 10.6. The van der Waals surface area contributed by atoms with E-state index in [0.29, 0.717) is 5.56 Å². The highest BCUT2D eigenvalue weighted by Crippen LogP contribution is 2.34. The number of rotatable bonds is 1. The van der Waals surface area contributed by atoms with E-state index < -0.39 is 5.97 Å². The van der Waals surface area contributed by atoms with Gasteiger partial charge in [0.2, 0.25) is 0 Å². The number of hydrogen-bond acceptors (Lipinski definition) is 3. The van der Waals surface area contributed by atoms with Crippen molar-refractivity contribution in [3.8, 4) is 5.75 Å². The lowest BCUT2D eigenvalue weighted by molar-refractivity contribution is 0.0696. The van der Waals surface area contributed by atoms with Gasteiger partial charge in [-0.3, -0.25) is 0 Å². The number of aromatic hydroxyl groups is 1. The number of phenolic OH excluding ortho intramolecular Hbond substituents is 1. The third-order valence-electron chi connectivity index (χ3n) is 1.79. The minimum absolute atomic E-state index is 0.000278. The Hall–Kier alpha value is -1.42. The molecular weight excluding hydrogens is 194 g/mol. The molecular formula is C8H8ClNO3. The Morgan fingerprint density at radius 2 is 2.15 bits per heavy atom. The fourth-order valence-electron chi connectivity index (χ4n) is 0.977. The fourth-order valence-corrected chi connectivity index (χ4v) is 1.19. The standard InChI is InChI=1S/C8H8ClNO3/c1-3-4(8(12)13)2-5(9)7(11)6(3)10/h2,11H,10H2,1H3,(H,12,13). The van der Waals surface area contributed by atoms with Crippen molar-refractivity contribution in [3.63, 3.8) is 0 Å². The van der Waals surface area contributed by atoms with Gasteiger partial charge in [0.05, 0.1) is 16.3 Å². The van der Waals surface area contributed by atoms with Gasteiger partial charge in [-0.2, -0.15) is 0 Å². The summed E-state index contributed by atoms with van der Waals surface area (Å²) in [6.45, 7) is 1.51. The molecule has 0 unspecified atom stereocenters. The molecule has 13 heavy (non-hydrogen) atoms. The van der Waals surface area contributed by atoms with Crippen molar-refractivity contribution in [3.05, 3.63) is 22.2 Å². The number of benzene rings is 1. The molecule has 5 heteroatoms. The summed E-state index contributed by atoms with van der Waals surface area (Å²) in [6, 6.07) is 1.17. The SMILES string of the molecule is Cc1c(C(=O)O)cc(Cl)c(O)c1N. The summed E-state index contributed by atoms with van der Waals surface area (Å²) in [5, 5.41) is 17.9. The molecule has 4 N–H and O–H groups in total. The average molecular weight is 202 g/mol. The summed E-state index contributed by atoms with van der Waals surface area (Å²) < 4.78 is 0. The predicted octanol–water partition coefficient (Wildman–Crippen LogP) is 1.63. The number of carboxylic acid groups (broad SMARTS) is 1. The topological polar surface area (TPSA) is 83.5 Å². The Labute approximate surface area is 79.6 Å². The van der Waals surface area contributed by atoms with Crippen LogP contribution in [-0.4, -0.2) is 16.2 Å². The molecule has 0 aliphatic heterocycles. The highest BCUT2D eigenvalue weighted by atomic mass is 35.5. The van der Waals surface area contributed by atoms with Gasteiger partial charge in [-0.1, -0.05) is 11.6 Å². The van der Waals surface area contributed by atoms with E-state index in [4.69, 9.17) is 22.4 Å². The van der Waals surface area contributed by atoms with Crippen LogP contribution in [0.4, 0.5) is 5.69 Å². The first-order valence-electron chi connectivity index (χ1n) is 3.46. The first kappa shape index (κ1) is 9.67. The van der Waals surface area contributed by atoms with E-state index in [1.54, 1.807) is 0 Å². The smallest absolute Gasteiger partial charge is 0.336 e. The average Bonchev–Trinajstić information content (AvgIpc) is 2.07. The number of halogens is 1. The van der Waals surface area contributed by atoms with E-state index in [0.717, 1.165) is 0 Å². The van der Waals surface area contributed by atoms with Crippen molar-refractivity contribution in [2.75, 3.05) is 5.73 Å². The molecule has 4 nitrogen and oxygen atoms in total. The number of nitrogens with two attached hydrogens (primary N) is 1. The molecule has 70 valence electrons. The first-order valence-corrected chi connectivity index (χ1v) is 3.83. The Morgan fingerprint density at radius 1 is 1.62 bits per heavy atom. The van der Waals surface area contributed by atoms with E-state index in [9.17, 15) is 9.90 Å². The molecule has 0 aliphatic rings. The van der Waals surface area contributed by atoms with Crippen LogP contribution in [-0.2, 0) is 0 Å². The van der Waals surface area contributed by atoms with E-state index in [2.05, 4.69) is 0 Å². The Bertz CT molecular complexity index is 376. The predicted molar refractivity (Wildman–Crippen MR) is 49.2 cm³/mol. The minimum atomic E-state index is -1.12. The first-order chi connectivity index (χ1) is 5.95. The lowest BCUT2D eigenvalue weighted by atomic mass is 10.1. The van der Waals surface area contributed by atoms with Crippen LogP contribution in [0, 0.1) is 6.92 Å². The molecule has 0 saturated carbocycles. The van der Waals surface area contributed by atoms with Crippen molar-refractivity contribution in [2.45, 2.75) is 6.92 Å². The number of phenols is 1. The third-order valence-corrected chi connectivity index (χ3v) is 2.08. The van der Waals surface area contributed by atoms with Gasteiger partial charge < -0.3 is 15.9 Å². The third kappa shape index (κ3) is 1.53. The van der Waals surface area contributed by atoms with Gasteiger partial charge in [-0.25, -0.2) is 4.79 Å². The molecule has 0 amide bonds. The monoisotopic (exact) mass is 201 g/mol. The second kappa shape index (κ2) is 3.14. The molecule has 0 saturated heterocycles. The molecule has 0 radical (unpaired) electrons. The van der Waals surface area contributed by atoms with Gasteiger partial charge >= 0.3 is 5.97 Å². The van der Waals surface area contributed by atoms with Crippen molar-refractivity contribution in [1.29, 1.82) is 0 Å². The molecule has 1 rings (SSSR count). The van der Waals surface area contributed by atoms with Crippen LogP contribution in [0.3, 0.4) is 0 Å². The van der Waals surface area contributed by atoms with E-state index in [1.807, 2.05) is 0 Å². The molecule has 0 aromatic heterocycles. The number of carbonyl (C=O) groups is 1. The van der Waals surface area contributed by atoms with Crippen molar-refractivity contribution in [2.24, 2.45) is 0 Å². The van der Waals surface area contributed by atoms with Crippen LogP contribution >= 0.6 is 11.6 Å². The van der Waals surface area contributed by atoms with Crippen molar-refractivity contribution >= 4 is 23.3 Å². The van der Waals surface area contributed by atoms with Crippen LogP contribution in [0.25, 0.3) is 0 Å². The molecule has 0 fully saturated rings. The molecule has 0 spiro atoms. The second-order valence-corrected chi connectivity index (χ2v) is 3.01. The molecule has 1 aromatic rings. The largest absolute Gasteiger partial charge is 0.504 e. The van der Waals surface area contributed by atoms with Crippen molar-refractivity contribution < 1.29 is 15.0 Å². The van der Waals surface area contributed by atoms with E-state index >= 15 is 0 Å². The molecule has 0 heterocycles. The zero-order chi connectivity index (χ0) is 10.2. The normalized spacial score (nSPS) is 10.0. The minimum Gasteiger partial charge on any atom is -0.504 e. The van der Waals surface area contributed by atoms with Gasteiger partial charge in [0, 0.05) is 0 Å². The van der Waals surface area contributed by atoms with E-state index in [1.165, 1.54) is 13.0 Å². The van der Waals surface area contributed by atoms with Crippen LogP contribution in [0.2, 0.25) is 5.02 Å². The number of aromatic carboxylic acids is 1. The van der Waals surface area contributed by atoms with Crippen LogP contribution in [0.1, 0.15) is 15.9 Å². The van der Waals surface area contributed by atoms with Gasteiger partial charge in [0.25, 0.3) is 0 Å². The lowest BCUT2D eigenvalue weighted by Crippen LogP contribution is -2.03. The maximum atomic E-state index is 10.6. The summed E-state index contributed by atoms with van der Waals surface area (Å²) in [6.07, 6.45) is 0. The number of nitrogen functional groups attached to an aromatic ring is 1. The van der Waals surface area contributed by atoms with Gasteiger partial charge in [0.15, 0.2) is 5.75 Å². The van der Waals surface area contributed by atoms with Gasteiger partial charge in [0.1, 0.15) is 0 Å². The summed E-state index contributed by atoms with van der Waals surface area (Å²) in [7, 11) is 0. The molecule has 0 aliphatic carbocycles. The van der Waals surface area contributed by atoms with Gasteiger partial charge in [-0.05, 0) is 18.6 Å². The Morgan fingerprint density at radius 3 is 2.62 bits per heavy atom.